The Labute approximate surface area is 123 Å². The molecule has 2 aromatic rings. The average Bonchev–Trinajstić information content (AvgIpc) is 2.92. The standard InChI is InChI=1S/C15H19N5O/c1-20-10-18-14(19-20)6-7-16-15(21)13-8-11-4-2-3-5-12(11)9-17-13/h2-5,10,13,17H,6-9H2,1H3,(H,16,21)/t13-/m0/s1. The number of benzene rings is 1. The van der Waals surface area contributed by atoms with Crippen molar-refractivity contribution < 1.29 is 4.79 Å². The van der Waals surface area contributed by atoms with Gasteiger partial charge in [0.1, 0.15) is 6.33 Å². The molecule has 0 fully saturated rings. The van der Waals surface area contributed by atoms with Crippen LogP contribution in [0.3, 0.4) is 0 Å². The van der Waals surface area contributed by atoms with Crippen molar-refractivity contribution in [3.8, 4) is 0 Å². The minimum atomic E-state index is -0.156. The second-order valence-electron chi connectivity index (χ2n) is 5.28. The molecule has 0 aliphatic carbocycles. The highest BCUT2D eigenvalue weighted by molar-refractivity contribution is 5.82. The number of hydrogen-bond donors (Lipinski definition) is 2. The van der Waals surface area contributed by atoms with E-state index in [1.54, 1.807) is 11.0 Å². The van der Waals surface area contributed by atoms with E-state index in [0.29, 0.717) is 13.0 Å². The van der Waals surface area contributed by atoms with E-state index >= 15 is 0 Å². The largest absolute Gasteiger partial charge is 0.354 e. The van der Waals surface area contributed by atoms with Crippen molar-refractivity contribution in [1.29, 1.82) is 0 Å². The minimum Gasteiger partial charge on any atom is -0.354 e. The third-order valence-electron chi connectivity index (χ3n) is 3.69. The molecule has 1 aromatic carbocycles. The molecular weight excluding hydrogens is 266 g/mol. The molecule has 6 heteroatoms. The molecule has 1 amide bonds. The number of fused-ring (bicyclic) bond motifs is 1. The van der Waals surface area contributed by atoms with Crippen LogP contribution in [0.15, 0.2) is 30.6 Å². The van der Waals surface area contributed by atoms with Gasteiger partial charge in [-0.3, -0.25) is 9.48 Å². The summed E-state index contributed by atoms with van der Waals surface area (Å²) < 4.78 is 1.66. The fraction of sp³-hybridized carbons (Fsp3) is 0.400. The van der Waals surface area contributed by atoms with E-state index in [4.69, 9.17) is 0 Å². The van der Waals surface area contributed by atoms with E-state index in [1.165, 1.54) is 11.1 Å². The number of nitrogens with zero attached hydrogens (tertiary/aromatic N) is 3. The summed E-state index contributed by atoms with van der Waals surface area (Å²) in [4.78, 5) is 16.3. The molecule has 21 heavy (non-hydrogen) atoms. The van der Waals surface area contributed by atoms with E-state index < -0.39 is 0 Å². The van der Waals surface area contributed by atoms with Gasteiger partial charge in [0.2, 0.25) is 5.91 Å². The van der Waals surface area contributed by atoms with Gasteiger partial charge in [-0.15, -0.1) is 0 Å². The maximum Gasteiger partial charge on any atom is 0.237 e. The van der Waals surface area contributed by atoms with Gasteiger partial charge in [0, 0.05) is 26.6 Å². The minimum absolute atomic E-state index is 0.0421. The summed E-state index contributed by atoms with van der Waals surface area (Å²) in [5.74, 6) is 0.792. The Morgan fingerprint density at radius 3 is 3.00 bits per heavy atom. The first-order chi connectivity index (χ1) is 10.2. The van der Waals surface area contributed by atoms with Gasteiger partial charge in [-0.25, -0.2) is 4.98 Å². The molecule has 0 bridgehead atoms. The first-order valence-electron chi connectivity index (χ1n) is 7.15. The molecule has 0 radical (unpaired) electrons. The van der Waals surface area contributed by atoms with Crippen LogP contribution in [0, 0.1) is 0 Å². The van der Waals surface area contributed by atoms with Crippen molar-refractivity contribution in [3.05, 3.63) is 47.5 Å². The van der Waals surface area contributed by atoms with Crippen LogP contribution in [-0.2, 0) is 31.2 Å². The van der Waals surface area contributed by atoms with Crippen molar-refractivity contribution in [2.75, 3.05) is 6.54 Å². The van der Waals surface area contributed by atoms with Crippen molar-refractivity contribution in [1.82, 2.24) is 25.4 Å². The van der Waals surface area contributed by atoms with Crippen LogP contribution in [0.2, 0.25) is 0 Å². The van der Waals surface area contributed by atoms with Gasteiger partial charge in [-0.2, -0.15) is 5.10 Å². The summed E-state index contributed by atoms with van der Waals surface area (Å²) in [6, 6.07) is 8.08. The van der Waals surface area contributed by atoms with Gasteiger partial charge in [0.25, 0.3) is 0 Å². The Hall–Kier alpha value is -2.21. The number of carbonyl (C=O) groups is 1. The Morgan fingerprint density at radius 2 is 2.24 bits per heavy atom. The van der Waals surface area contributed by atoms with Gasteiger partial charge in [0.15, 0.2) is 5.82 Å². The Balaban J connectivity index is 1.50. The molecule has 110 valence electrons. The molecule has 1 aliphatic rings. The van der Waals surface area contributed by atoms with E-state index in [1.807, 2.05) is 19.2 Å². The first kappa shape index (κ1) is 13.8. The van der Waals surface area contributed by atoms with Gasteiger partial charge in [0.05, 0.1) is 6.04 Å². The van der Waals surface area contributed by atoms with Crippen molar-refractivity contribution in [2.24, 2.45) is 7.05 Å². The molecule has 1 atom stereocenters. The van der Waals surface area contributed by atoms with Gasteiger partial charge >= 0.3 is 0 Å². The van der Waals surface area contributed by atoms with Crippen LogP contribution >= 0.6 is 0 Å². The fourth-order valence-corrected chi connectivity index (χ4v) is 2.56. The molecule has 1 aromatic heterocycles. The van der Waals surface area contributed by atoms with Crippen LogP contribution in [0.4, 0.5) is 0 Å². The monoisotopic (exact) mass is 285 g/mol. The summed E-state index contributed by atoms with van der Waals surface area (Å²) in [7, 11) is 1.83. The zero-order chi connectivity index (χ0) is 14.7. The molecule has 0 saturated carbocycles. The number of rotatable bonds is 4. The molecular formula is C15H19N5O. The molecule has 1 aliphatic heterocycles. The highest BCUT2D eigenvalue weighted by Crippen LogP contribution is 2.16. The maximum atomic E-state index is 12.2. The predicted octanol–water partition coefficient (Wildman–Crippen LogP) is 0.188. The third kappa shape index (κ3) is 3.28. The number of nitrogens with one attached hydrogen (secondary N) is 2. The van der Waals surface area contributed by atoms with Crippen molar-refractivity contribution in [3.63, 3.8) is 0 Å². The maximum absolute atomic E-state index is 12.2. The molecule has 3 rings (SSSR count). The van der Waals surface area contributed by atoms with E-state index in [9.17, 15) is 4.79 Å². The van der Waals surface area contributed by atoms with Crippen molar-refractivity contribution >= 4 is 5.91 Å². The second-order valence-corrected chi connectivity index (χ2v) is 5.28. The summed E-state index contributed by atoms with van der Waals surface area (Å²) >= 11 is 0. The van der Waals surface area contributed by atoms with Crippen molar-refractivity contribution in [2.45, 2.75) is 25.4 Å². The summed E-state index contributed by atoms with van der Waals surface area (Å²) in [6.07, 6.45) is 3.05. The highest BCUT2D eigenvalue weighted by Gasteiger charge is 2.23. The Bertz CT molecular complexity index is 636. The lowest BCUT2D eigenvalue weighted by molar-refractivity contribution is -0.123. The zero-order valence-corrected chi connectivity index (χ0v) is 12.0. The highest BCUT2D eigenvalue weighted by atomic mass is 16.2. The molecule has 0 spiro atoms. The van der Waals surface area contributed by atoms with Crippen LogP contribution in [0.1, 0.15) is 17.0 Å². The third-order valence-corrected chi connectivity index (χ3v) is 3.69. The lowest BCUT2D eigenvalue weighted by Gasteiger charge is -2.25. The molecule has 0 unspecified atom stereocenters. The number of amides is 1. The average molecular weight is 285 g/mol. The topological polar surface area (TPSA) is 71.8 Å². The Kier molecular flexibility index (Phi) is 3.96. The molecule has 2 heterocycles. The lowest BCUT2D eigenvalue weighted by atomic mass is 9.95. The lowest BCUT2D eigenvalue weighted by Crippen LogP contribution is -2.48. The summed E-state index contributed by atoms with van der Waals surface area (Å²) in [6.45, 7) is 1.30. The summed E-state index contributed by atoms with van der Waals surface area (Å²) in [5, 5.41) is 10.4. The quantitative estimate of drug-likeness (QED) is 0.841. The zero-order valence-electron chi connectivity index (χ0n) is 12.0. The van der Waals surface area contributed by atoms with Gasteiger partial charge in [-0.1, -0.05) is 24.3 Å². The van der Waals surface area contributed by atoms with Crippen LogP contribution in [0.25, 0.3) is 0 Å². The molecule has 0 saturated heterocycles. The van der Waals surface area contributed by atoms with Gasteiger partial charge < -0.3 is 10.6 Å². The van der Waals surface area contributed by atoms with Gasteiger partial charge in [-0.05, 0) is 17.5 Å². The first-order valence-corrected chi connectivity index (χ1v) is 7.15. The van der Waals surface area contributed by atoms with Crippen LogP contribution in [0.5, 0.6) is 0 Å². The van der Waals surface area contributed by atoms with Crippen LogP contribution < -0.4 is 10.6 Å². The van der Waals surface area contributed by atoms with E-state index in [-0.39, 0.29) is 11.9 Å². The molecule has 6 nitrogen and oxygen atoms in total. The van der Waals surface area contributed by atoms with Crippen LogP contribution in [-0.4, -0.2) is 33.3 Å². The number of aryl methyl sites for hydroxylation is 1. The second kappa shape index (κ2) is 6.05. The SMILES string of the molecule is Cn1cnc(CCNC(=O)[C@@H]2Cc3ccccc3CN2)n1. The summed E-state index contributed by atoms with van der Waals surface area (Å²) in [5.41, 5.74) is 2.53. The van der Waals surface area contributed by atoms with E-state index in [0.717, 1.165) is 18.8 Å². The predicted molar refractivity (Wildman–Crippen MR) is 78.5 cm³/mol. The fourth-order valence-electron chi connectivity index (χ4n) is 2.56. The van der Waals surface area contributed by atoms with E-state index in [2.05, 4.69) is 32.8 Å². The molecule has 2 N–H and O–H groups in total. The number of aromatic nitrogens is 3. The smallest absolute Gasteiger partial charge is 0.237 e. The Morgan fingerprint density at radius 1 is 1.43 bits per heavy atom. The number of carbonyl (C=O) groups excluding carboxylic acids is 1. The normalized spacial score (nSPS) is 17.3. The number of hydrogen-bond acceptors (Lipinski definition) is 4.